The normalized spacial score (nSPS) is 12.2. The zero-order chi connectivity index (χ0) is 14.7. The van der Waals surface area contributed by atoms with Gasteiger partial charge in [-0.3, -0.25) is 0 Å². The van der Waals surface area contributed by atoms with Gasteiger partial charge in [0.25, 0.3) is 0 Å². The van der Waals surface area contributed by atoms with E-state index in [2.05, 4.69) is 79.0 Å². The summed E-state index contributed by atoms with van der Waals surface area (Å²) in [4.78, 5) is 0.0951. The molecule has 4 heteroatoms. The predicted octanol–water partition coefficient (Wildman–Crippen LogP) is 6.40. The average Bonchev–Trinajstić information content (AvgIpc) is 2.39. The summed E-state index contributed by atoms with van der Waals surface area (Å²) in [5, 5.41) is 0. The number of rotatable bonds is 4. The summed E-state index contributed by atoms with van der Waals surface area (Å²) in [6.07, 6.45) is 0. The number of aryl methyl sites for hydroxylation is 1. The average molecular weight is 463 g/mol. The summed E-state index contributed by atoms with van der Waals surface area (Å²) < 4.78 is 7.85. The molecule has 0 spiro atoms. The molecule has 0 saturated heterocycles. The van der Waals surface area contributed by atoms with Gasteiger partial charge in [0.1, 0.15) is 5.75 Å². The van der Waals surface area contributed by atoms with Crippen molar-refractivity contribution in [3.63, 3.8) is 0 Å². The van der Waals surface area contributed by atoms with E-state index in [-0.39, 0.29) is 4.83 Å². The minimum Gasteiger partial charge on any atom is -0.494 e. The van der Waals surface area contributed by atoms with Crippen molar-refractivity contribution < 1.29 is 4.74 Å². The molecule has 1 nitrogen and oxygen atoms in total. The topological polar surface area (TPSA) is 9.23 Å². The zero-order valence-electron chi connectivity index (χ0n) is 11.3. The van der Waals surface area contributed by atoms with Gasteiger partial charge in [-0.25, -0.2) is 0 Å². The minimum atomic E-state index is 0.0951. The highest BCUT2D eigenvalue weighted by molar-refractivity contribution is 9.11. The van der Waals surface area contributed by atoms with Gasteiger partial charge in [0.05, 0.1) is 11.4 Å². The van der Waals surface area contributed by atoms with Gasteiger partial charge in [-0.15, -0.1) is 0 Å². The molecule has 1 unspecified atom stereocenters. The maximum Gasteiger partial charge on any atom is 0.123 e. The van der Waals surface area contributed by atoms with Gasteiger partial charge in [-0.05, 0) is 43.7 Å². The Morgan fingerprint density at radius 2 is 1.70 bits per heavy atom. The lowest BCUT2D eigenvalue weighted by molar-refractivity contribution is 0.337. The lowest BCUT2D eigenvalue weighted by Gasteiger charge is -2.17. The lowest BCUT2D eigenvalue weighted by atomic mass is 10.0. The maximum absolute atomic E-state index is 5.74. The predicted molar refractivity (Wildman–Crippen MR) is 95.0 cm³/mol. The Kier molecular flexibility index (Phi) is 5.70. The molecule has 0 aliphatic heterocycles. The second-order valence-corrected chi connectivity index (χ2v) is 7.29. The summed E-state index contributed by atoms with van der Waals surface area (Å²) in [5.41, 5.74) is 3.55. The molecule has 0 aliphatic carbocycles. The molecule has 0 aliphatic rings. The first-order valence-electron chi connectivity index (χ1n) is 6.34. The van der Waals surface area contributed by atoms with E-state index in [1.54, 1.807) is 0 Å². The summed E-state index contributed by atoms with van der Waals surface area (Å²) >= 11 is 10.9. The van der Waals surface area contributed by atoms with Crippen LogP contribution in [0.1, 0.15) is 28.4 Å². The van der Waals surface area contributed by atoms with Gasteiger partial charge >= 0.3 is 0 Å². The minimum absolute atomic E-state index is 0.0951. The molecule has 0 bridgehead atoms. The Balaban J connectivity index is 2.46. The smallest absolute Gasteiger partial charge is 0.123 e. The molecular weight excluding hydrogens is 448 g/mol. The number of halogens is 3. The van der Waals surface area contributed by atoms with E-state index >= 15 is 0 Å². The van der Waals surface area contributed by atoms with Crippen LogP contribution in [0.4, 0.5) is 0 Å². The molecule has 0 aromatic heterocycles. The maximum atomic E-state index is 5.74. The van der Waals surface area contributed by atoms with Crippen LogP contribution in [-0.4, -0.2) is 6.61 Å². The fourth-order valence-corrected chi connectivity index (χ4v) is 4.01. The van der Waals surface area contributed by atoms with Crippen molar-refractivity contribution in [2.45, 2.75) is 18.7 Å². The van der Waals surface area contributed by atoms with Gasteiger partial charge < -0.3 is 4.74 Å². The highest BCUT2D eigenvalue weighted by atomic mass is 79.9. The SMILES string of the molecule is CCOc1ccc(C)cc1C(Br)c1cc(Br)cc(Br)c1. The Labute approximate surface area is 145 Å². The molecule has 1 atom stereocenters. The molecule has 0 radical (unpaired) electrons. The van der Waals surface area contributed by atoms with Gasteiger partial charge in [-0.2, -0.15) is 0 Å². The largest absolute Gasteiger partial charge is 0.494 e. The number of ether oxygens (including phenoxy) is 1. The van der Waals surface area contributed by atoms with E-state index in [4.69, 9.17) is 4.74 Å². The number of benzene rings is 2. The summed E-state index contributed by atoms with van der Waals surface area (Å²) in [6.45, 7) is 4.76. The van der Waals surface area contributed by atoms with Crippen LogP contribution in [-0.2, 0) is 0 Å². The first-order valence-corrected chi connectivity index (χ1v) is 8.85. The number of hydrogen-bond donors (Lipinski definition) is 0. The molecular formula is C16H15Br3O. The summed E-state index contributed by atoms with van der Waals surface area (Å²) in [7, 11) is 0. The van der Waals surface area contributed by atoms with E-state index < -0.39 is 0 Å². The molecule has 20 heavy (non-hydrogen) atoms. The molecule has 0 fully saturated rings. The second-order valence-electron chi connectivity index (χ2n) is 4.54. The monoisotopic (exact) mass is 460 g/mol. The van der Waals surface area contributed by atoms with E-state index in [1.165, 1.54) is 11.1 Å². The van der Waals surface area contributed by atoms with Crippen LogP contribution >= 0.6 is 47.8 Å². The molecule has 0 N–H and O–H groups in total. The number of hydrogen-bond acceptors (Lipinski definition) is 1. The van der Waals surface area contributed by atoms with Crippen molar-refractivity contribution in [3.05, 3.63) is 62.0 Å². The fraction of sp³-hybridized carbons (Fsp3) is 0.250. The lowest BCUT2D eigenvalue weighted by Crippen LogP contribution is -2.00. The van der Waals surface area contributed by atoms with Crippen LogP contribution in [0.2, 0.25) is 0 Å². The Hall–Kier alpha value is -0.320. The second kappa shape index (κ2) is 7.10. The fourth-order valence-electron chi connectivity index (χ4n) is 2.05. The Morgan fingerprint density at radius 1 is 1.05 bits per heavy atom. The van der Waals surface area contributed by atoms with Crippen LogP contribution in [0.5, 0.6) is 5.75 Å². The third kappa shape index (κ3) is 3.86. The van der Waals surface area contributed by atoms with Gasteiger partial charge in [0.2, 0.25) is 0 Å². The van der Waals surface area contributed by atoms with Crippen LogP contribution < -0.4 is 4.74 Å². The van der Waals surface area contributed by atoms with Crippen LogP contribution in [0, 0.1) is 6.92 Å². The molecule has 2 aromatic carbocycles. The zero-order valence-corrected chi connectivity index (χ0v) is 16.0. The molecule has 106 valence electrons. The third-order valence-electron chi connectivity index (χ3n) is 2.92. The standard InChI is InChI=1S/C16H15Br3O/c1-3-20-15-5-4-10(2)6-14(15)16(19)11-7-12(17)9-13(18)8-11/h4-9,16H,3H2,1-2H3. The molecule has 0 heterocycles. The van der Waals surface area contributed by atoms with Crippen molar-refractivity contribution >= 4 is 47.8 Å². The highest BCUT2D eigenvalue weighted by Gasteiger charge is 2.16. The molecule has 0 saturated carbocycles. The van der Waals surface area contributed by atoms with Crippen molar-refractivity contribution in [2.24, 2.45) is 0 Å². The van der Waals surface area contributed by atoms with Crippen molar-refractivity contribution in [1.82, 2.24) is 0 Å². The highest BCUT2D eigenvalue weighted by Crippen LogP contribution is 2.39. The first-order chi connectivity index (χ1) is 9.51. The first kappa shape index (κ1) is 16.1. The van der Waals surface area contributed by atoms with Gasteiger partial charge in [0, 0.05) is 14.5 Å². The van der Waals surface area contributed by atoms with Gasteiger partial charge in [-0.1, -0.05) is 65.5 Å². The van der Waals surface area contributed by atoms with Gasteiger partial charge in [0.15, 0.2) is 0 Å². The molecule has 2 aromatic rings. The summed E-state index contributed by atoms with van der Waals surface area (Å²) in [6, 6.07) is 12.5. The summed E-state index contributed by atoms with van der Waals surface area (Å²) in [5.74, 6) is 0.927. The quantitative estimate of drug-likeness (QED) is 0.477. The molecule has 2 rings (SSSR count). The van der Waals surface area contributed by atoms with Crippen molar-refractivity contribution in [2.75, 3.05) is 6.61 Å². The van der Waals surface area contributed by atoms with E-state index in [9.17, 15) is 0 Å². The third-order valence-corrected chi connectivity index (χ3v) is 4.85. The van der Waals surface area contributed by atoms with E-state index in [0.717, 1.165) is 20.3 Å². The molecule has 0 amide bonds. The number of alkyl halides is 1. The van der Waals surface area contributed by atoms with E-state index in [0.29, 0.717) is 6.61 Å². The Morgan fingerprint density at radius 3 is 2.30 bits per heavy atom. The Bertz CT molecular complexity index is 590. The van der Waals surface area contributed by atoms with Crippen LogP contribution in [0.3, 0.4) is 0 Å². The van der Waals surface area contributed by atoms with E-state index in [1.807, 2.05) is 19.1 Å². The van der Waals surface area contributed by atoms with Crippen molar-refractivity contribution in [3.8, 4) is 5.75 Å². The van der Waals surface area contributed by atoms with Crippen LogP contribution in [0.25, 0.3) is 0 Å². The van der Waals surface area contributed by atoms with Crippen LogP contribution in [0.15, 0.2) is 45.3 Å². The van der Waals surface area contributed by atoms with Crippen molar-refractivity contribution in [1.29, 1.82) is 0 Å².